The smallest absolute Gasteiger partial charge is 0.323 e. The summed E-state index contributed by atoms with van der Waals surface area (Å²) in [7, 11) is 0. The third-order valence-corrected chi connectivity index (χ3v) is 8.06. The third kappa shape index (κ3) is 10.6. The number of urea groups is 1. The van der Waals surface area contributed by atoms with E-state index in [1.165, 1.54) is 0 Å². The maximum absolute atomic E-state index is 13.3. The van der Waals surface area contributed by atoms with Crippen molar-refractivity contribution in [1.29, 1.82) is 0 Å². The SMILES string of the molecule is C/C(C(=O)CCCNC(=O)C(C)(C)C)=C(\C=C(/C)C(C)(C)C)NC(=O)Nc1ccc(C)c(-c2ccc(N3CCOCC3)cn2)c1. The number of Topliss-reactive ketones (excluding diaryl/α,β-unsaturated/α-hetero) is 1. The van der Waals surface area contributed by atoms with Gasteiger partial charge in [0.1, 0.15) is 0 Å². The first-order chi connectivity index (χ1) is 21.1. The van der Waals surface area contributed by atoms with Crippen molar-refractivity contribution >= 4 is 29.1 Å². The fourth-order valence-corrected chi connectivity index (χ4v) is 4.54. The zero-order valence-electron chi connectivity index (χ0n) is 28.5. The van der Waals surface area contributed by atoms with Gasteiger partial charge in [-0.2, -0.15) is 0 Å². The van der Waals surface area contributed by atoms with E-state index >= 15 is 0 Å². The first kappa shape index (κ1) is 35.5. The van der Waals surface area contributed by atoms with Crippen molar-refractivity contribution in [1.82, 2.24) is 15.6 Å². The van der Waals surface area contributed by atoms with Gasteiger partial charge in [0.05, 0.1) is 30.8 Å². The number of ether oxygens (including phenoxy) is 1. The first-order valence-corrected chi connectivity index (χ1v) is 15.7. The molecule has 9 heteroatoms. The van der Waals surface area contributed by atoms with Gasteiger partial charge in [-0.3, -0.25) is 14.6 Å². The highest BCUT2D eigenvalue weighted by molar-refractivity contribution is 5.98. The molecule has 1 aromatic heterocycles. The van der Waals surface area contributed by atoms with Crippen LogP contribution in [-0.4, -0.2) is 55.6 Å². The lowest BCUT2D eigenvalue weighted by molar-refractivity contribution is -0.128. The number of hydrogen-bond acceptors (Lipinski definition) is 6. The Hall–Kier alpha value is -3.98. The Morgan fingerprint density at radius 1 is 0.978 bits per heavy atom. The largest absolute Gasteiger partial charge is 0.378 e. The van der Waals surface area contributed by atoms with Gasteiger partial charge in [0, 0.05) is 54.0 Å². The van der Waals surface area contributed by atoms with Crippen molar-refractivity contribution in [3.05, 3.63) is 65.0 Å². The highest BCUT2D eigenvalue weighted by atomic mass is 16.5. The van der Waals surface area contributed by atoms with E-state index in [1.807, 2.05) is 71.2 Å². The number of carbonyl (C=O) groups excluding carboxylic acids is 3. The van der Waals surface area contributed by atoms with Crippen LogP contribution in [0.2, 0.25) is 0 Å². The van der Waals surface area contributed by atoms with Gasteiger partial charge < -0.3 is 25.6 Å². The minimum atomic E-state index is -0.484. The van der Waals surface area contributed by atoms with Crippen LogP contribution >= 0.6 is 0 Å². The molecule has 0 bridgehead atoms. The summed E-state index contributed by atoms with van der Waals surface area (Å²) in [5.74, 6) is -0.137. The zero-order chi connectivity index (χ0) is 33.4. The molecule has 1 aromatic carbocycles. The summed E-state index contributed by atoms with van der Waals surface area (Å²) in [6.45, 7) is 21.1. The molecule has 3 N–H and O–H groups in total. The Bertz CT molecular complexity index is 1420. The van der Waals surface area contributed by atoms with Crippen molar-refractivity contribution in [3.8, 4) is 11.3 Å². The van der Waals surface area contributed by atoms with Gasteiger partial charge in [-0.15, -0.1) is 0 Å². The Labute approximate surface area is 268 Å². The number of aryl methyl sites for hydroxylation is 1. The molecular weight excluding hydrogens is 566 g/mol. The maximum atomic E-state index is 13.3. The summed E-state index contributed by atoms with van der Waals surface area (Å²) in [6, 6.07) is 9.34. The average Bonchev–Trinajstić information content (AvgIpc) is 2.98. The summed E-state index contributed by atoms with van der Waals surface area (Å²) in [4.78, 5) is 45.6. The number of nitrogens with one attached hydrogen (secondary N) is 3. The zero-order valence-corrected chi connectivity index (χ0v) is 28.5. The molecule has 0 aliphatic carbocycles. The van der Waals surface area contributed by atoms with E-state index in [2.05, 4.69) is 47.7 Å². The van der Waals surface area contributed by atoms with Gasteiger partial charge in [0.25, 0.3) is 0 Å². The van der Waals surface area contributed by atoms with E-state index < -0.39 is 11.4 Å². The van der Waals surface area contributed by atoms with Gasteiger partial charge in [0.2, 0.25) is 5.91 Å². The highest BCUT2D eigenvalue weighted by Crippen LogP contribution is 2.28. The van der Waals surface area contributed by atoms with Crippen molar-refractivity contribution in [2.45, 2.75) is 75.2 Å². The molecule has 1 aliphatic heterocycles. The normalized spacial score (nSPS) is 14.9. The Morgan fingerprint density at radius 2 is 1.67 bits per heavy atom. The Morgan fingerprint density at radius 3 is 2.27 bits per heavy atom. The number of aromatic nitrogens is 1. The molecule has 2 aromatic rings. The molecule has 0 saturated carbocycles. The number of amides is 3. The highest BCUT2D eigenvalue weighted by Gasteiger charge is 2.21. The standard InChI is InChI=1S/C36H51N5O4/c1-24-12-13-27(22-29(24)30-15-14-28(23-38-30)41-17-19-45-20-18-41)39-34(44)40-31(21-25(2)35(4,5)6)26(3)32(42)11-10-16-37-33(43)36(7,8)9/h12-15,21-23H,10-11,16-20H2,1-9H3,(H,37,43)(H2,39,40,44)/b25-21+,31-26-. The lowest BCUT2D eigenvalue weighted by Crippen LogP contribution is -2.36. The second-order valence-electron chi connectivity index (χ2n) is 13.8. The number of benzene rings is 1. The van der Waals surface area contributed by atoms with Gasteiger partial charge in [0.15, 0.2) is 5.78 Å². The Kier molecular flexibility index (Phi) is 12.1. The molecule has 9 nitrogen and oxygen atoms in total. The van der Waals surface area contributed by atoms with Crippen LogP contribution < -0.4 is 20.9 Å². The molecule has 1 saturated heterocycles. The average molecular weight is 618 g/mol. The number of carbonyl (C=O) groups is 3. The predicted octanol–water partition coefficient (Wildman–Crippen LogP) is 6.79. The van der Waals surface area contributed by atoms with Crippen LogP contribution in [0.1, 0.15) is 73.8 Å². The van der Waals surface area contributed by atoms with Gasteiger partial charge in [-0.05, 0) is 68.5 Å². The molecule has 1 aliphatic rings. The minimum Gasteiger partial charge on any atom is -0.378 e. The molecule has 0 spiro atoms. The van der Waals surface area contributed by atoms with E-state index in [0.29, 0.717) is 43.1 Å². The molecule has 0 atom stereocenters. The number of allylic oxidation sites excluding steroid dienone is 3. The molecule has 0 radical (unpaired) electrons. The number of hydrogen-bond donors (Lipinski definition) is 3. The molecule has 3 amide bonds. The lowest BCUT2D eigenvalue weighted by Gasteiger charge is -2.28. The maximum Gasteiger partial charge on any atom is 0.323 e. The number of ketones is 1. The van der Waals surface area contributed by atoms with Crippen molar-refractivity contribution < 1.29 is 19.1 Å². The van der Waals surface area contributed by atoms with Crippen LogP contribution in [0.4, 0.5) is 16.2 Å². The second kappa shape index (κ2) is 15.3. The quantitative estimate of drug-likeness (QED) is 0.154. The van der Waals surface area contributed by atoms with Crippen LogP contribution in [0.3, 0.4) is 0 Å². The molecule has 244 valence electrons. The molecule has 2 heterocycles. The van der Waals surface area contributed by atoms with E-state index in [4.69, 9.17) is 9.72 Å². The molecule has 1 fully saturated rings. The number of rotatable bonds is 10. The number of morpholine rings is 1. The number of pyridine rings is 1. The summed E-state index contributed by atoms with van der Waals surface area (Å²) in [5.41, 5.74) is 5.75. The third-order valence-electron chi connectivity index (χ3n) is 8.06. The lowest BCUT2D eigenvalue weighted by atomic mass is 9.86. The van der Waals surface area contributed by atoms with Crippen molar-refractivity contribution in [2.75, 3.05) is 43.1 Å². The summed E-state index contributed by atoms with van der Waals surface area (Å²) >= 11 is 0. The Balaban J connectivity index is 1.75. The monoisotopic (exact) mass is 617 g/mol. The van der Waals surface area contributed by atoms with Gasteiger partial charge in [-0.1, -0.05) is 53.2 Å². The number of nitrogens with zero attached hydrogens (tertiary/aromatic N) is 2. The van der Waals surface area contributed by atoms with Crippen LogP contribution in [0.15, 0.2) is 59.4 Å². The number of anilines is 2. The molecule has 45 heavy (non-hydrogen) atoms. The predicted molar refractivity (Wildman–Crippen MR) is 182 cm³/mol. The summed E-state index contributed by atoms with van der Waals surface area (Å²) < 4.78 is 5.46. The van der Waals surface area contributed by atoms with E-state index in [9.17, 15) is 14.4 Å². The molecule has 0 unspecified atom stereocenters. The van der Waals surface area contributed by atoms with Crippen molar-refractivity contribution in [2.24, 2.45) is 10.8 Å². The molecular formula is C36H51N5O4. The van der Waals surface area contributed by atoms with Crippen LogP contribution in [0, 0.1) is 17.8 Å². The van der Waals surface area contributed by atoms with Gasteiger partial charge >= 0.3 is 6.03 Å². The van der Waals surface area contributed by atoms with Crippen LogP contribution in [-0.2, 0) is 14.3 Å². The van der Waals surface area contributed by atoms with E-state index in [-0.39, 0.29) is 23.5 Å². The summed E-state index contributed by atoms with van der Waals surface area (Å²) in [5, 5.41) is 8.75. The van der Waals surface area contributed by atoms with Crippen LogP contribution in [0.5, 0.6) is 0 Å². The minimum absolute atomic E-state index is 0.0509. The second-order valence-corrected chi connectivity index (χ2v) is 13.8. The summed E-state index contributed by atoms with van der Waals surface area (Å²) in [6.07, 6.45) is 4.51. The fourth-order valence-electron chi connectivity index (χ4n) is 4.54. The first-order valence-electron chi connectivity index (χ1n) is 15.7. The van der Waals surface area contributed by atoms with E-state index in [0.717, 1.165) is 41.2 Å². The molecule has 3 rings (SSSR count). The van der Waals surface area contributed by atoms with Crippen molar-refractivity contribution in [3.63, 3.8) is 0 Å². The fraction of sp³-hybridized carbons (Fsp3) is 0.500. The van der Waals surface area contributed by atoms with Crippen LogP contribution in [0.25, 0.3) is 11.3 Å². The van der Waals surface area contributed by atoms with E-state index in [1.54, 1.807) is 6.92 Å². The van der Waals surface area contributed by atoms with Gasteiger partial charge in [-0.25, -0.2) is 4.79 Å². The topological polar surface area (TPSA) is 113 Å².